The lowest BCUT2D eigenvalue weighted by molar-refractivity contribution is 0.206. The molecule has 1 aromatic carbocycles. The number of rotatable bonds is 4. The molecule has 0 bridgehead atoms. The van der Waals surface area contributed by atoms with Crippen LogP contribution in [0.3, 0.4) is 0 Å². The molecular formula is C16H25NS. The molecule has 2 heteroatoms. The zero-order valence-electron chi connectivity index (χ0n) is 11.8. The number of hydrogen-bond acceptors (Lipinski definition) is 2. The molecule has 1 N–H and O–H groups in total. The Morgan fingerprint density at radius 3 is 2.56 bits per heavy atom. The predicted octanol–water partition coefficient (Wildman–Crippen LogP) is 4.32. The molecule has 0 heterocycles. The molecule has 1 aromatic rings. The second-order valence-corrected chi connectivity index (χ2v) is 6.48. The highest BCUT2D eigenvalue weighted by atomic mass is 32.2. The maximum absolute atomic E-state index is 3.75. The van der Waals surface area contributed by atoms with Gasteiger partial charge in [-0.1, -0.05) is 38.8 Å². The summed E-state index contributed by atoms with van der Waals surface area (Å²) in [5.41, 5.74) is 1.40. The van der Waals surface area contributed by atoms with Gasteiger partial charge in [0.05, 0.1) is 0 Å². The van der Waals surface area contributed by atoms with Gasteiger partial charge in [0.15, 0.2) is 0 Å². The maximum Gasteiger partial charge on any atom is 0.0208 e. The summed E-state index contributed by atoms with van der Waals surface area (Å²) in [6.45, 7) is 5.81. The summed E-state index contributed by atoms with van der Waals surface area (Å²) in [7, 11) is 0. The molecule has 0 spiro atoms. The van der Waals surface area contributed by atoms with E-state index in [0.29, 0.717) is 6.04 Å². The lowest BCUT2D eigenvalue weighted by atomic mass is 9.78. The molecule has 1 fully saturated rings. The van der Waals surface area contributed by atoms with Crippen molar-refractivity contribution in [2.24, 2.45) is 11.8 Å². The molecule has 1 saturated carbocycles. The Hall–Kier alpha value is -0.470. The average molecular weight is 263 g/mol. The highest BCUT2D eigenvalue weighted by Gasteiger charge is 2.26. The molecule has 3 unspecified atom stereocenters. The van der Waals surface area contributed by atoms with Crippen LogP contribution < -0.4 is 5.32 Å². The summed E-state index contributed by atoms with van der Waals surface area (Å²) in [5.74, 6) is 1.68. The Morgan fingerprint density at radius 1 is 1.17 bits per heavy atom. The molecule has 0 radical (unpaired) electrons. The second kappa shape index (κ2) is 6.63. The van der Waals surface area contributed by atoms with E-state index in [2.05, 4.69) is 49.7 Å². The smallest absolute Gasteiger partial charge is 0.0208 e. The molecule has 1 nitrogen and oxygen atoms in total. The summed E-state index contributed by atoms with van der Waals surface area (Å²) in [6, 6.07) is 9.63. The van der Waals surface area contributed by atoms with E-state index >= 15 is 0 Å². The molecule has 0 amide bonds. The summed E-state index contributed by atoms with van der Waals surface area (Å²) in [5, 5.41) is 3.75. The molecule has 0 aromatic heterocycles. The van der Waals surface area contributed by atoms with Crippen LogP contribution in [-0.2, 0) is 6.54 Å². The van der Waals surface area contributed by atoms with Crippen molar-refractivity contribution in [1.82, 2.24) is 5.32 Å². The van der Waals surface area contributed by atoms with Crippen LogP contribution in [0, 0.1) is 11.8 Å². The van der Waals surface area contributed by atoms with Crippen molar-refractivity contribution in [3.8, 4) is 0 Å². The Kier molecular flexibility index (Phi) is 5.13. The van der Waals surface area contributed by atoms with Gasteiger partial charge in [-0.2, -0.15) is 0 Å². The van der Waals surface area contributed by atoms with E-state index in [1.165, 1.54) is 29.7 Å². The first-order chi connectivity index (χ1) is 8.70. The average Bonchev–Trinajstić information content (AvgIpc) is 2.41. The highest BCUT2D eigenvalue weighted by Crippen LogP contribution is 2.29. The quantitative estimate of drug-likeness (QED) is 0.812. The number of nitrogens with one attached hydrogen (secondary N) is 1. The Balaban J connectivity index is 1.86. The van der Waals surface area contributed by atoms with Gasteiger partial charge < -0.3 is 5.32 Å². The fraction of sp³-hybridized carbons (Fsp3) is 0.625. The van der Waals surface area contributed by atoms with E-state index in [1.807, 2.05) is 0 Å². The van der Waals surface area contributed by atoms with E-state index in [0.717, 1.165) is 18.4 Å². The first-order valence-corrected chi connectivity index (χ1v) is 8.29. The summed E-state index contributed by atoms with van der Waals surface area (Å²) >= 11 is 1.80. The highest BCUT2D eigenvalue weighted by molar-refractivity contribution is 7.98. The molecule has 1 aliphatic rings. The van der Waals surface area contributed by atoms with Crippen LogP contribution in [0.4, 0.5) is 0 Å². The molecule has 2 rings (SSSR count). The zero-order chi connectivity index (χ0) is 13.0. The lowest BCUT2D eigenvalue weighted by Crippen LogP contribution is -2.40. The molecule has 1 aliphatic carbocycles. The van der Waals surface area contributed by atoms with E-state index < -0.39 is 0 Å². The first kappa shape index (κ1) is 14.0. The molecule has 100 valence electrons. The van der Waals surface area contributed by atoms with E-state index in [9.17, 15) is 0 Å². The molecular weight excluding hydrogens is 238 g/mol. The molecule has 0 aliphatic heterocycles. The van der Waals surface area contributed by atoms with Gasteiger partial charge in [-0.3, -0.25) is 0 Å². The normalized spacial score (nSPS) is 28.3. The van der Waals surface area contributed by atoms with Crippen LogP contribution in [0.2, 0.25) is 0 Å². The van der Waals surface area contributed by atoms with Gasteiger partial charge in [-0.25, -0.2) is 0 Å². The molecule has 18 heavy (non-hydrogen) atoms. The van der Waals surface area contributed by atoms with Crippen LogP contribution in [0.25, 0.3) is 0 Å². The topological polar surface area (TPSA) is 12.0 Å². The minimum absolute atomic E-state index is 0.703. The van der Waals surface area contributed by atoms with Crippen LogP contribution in [0.15, 0.2) is 29.2 Å². The Morgan fingerprint density at radius 2 is 1.89 bits per heavy atom. The third-order valence-corrected chi connectivity index (χ3v) is 5.18. The monoisotopic (exact) mass is 263 g/mol. The lowest BCUT2D eigenvalue weighted by Gasteiger charge is -2.34. The Labute approximate surface area is 116 Å². The van der Waals surface area contributed by atoms with Crippen molar-refractivity contribution in [2.45, 2.75) is 50.6 Å². The van der Waals surface area contributed by atoms with Crippen molar-refractivity contribution < 1.29 is 0 Å². The van der Waals surface area contributed by atoms with Gasteiger partial charge in [0, 0.05) is 17.5 Å². The fourth-order valence-corrected chi connectivity index (χ4v) is 3.27. The van der Waals surface area contributed by atoms with Gasteiger partial charge in [-0.15, -0.1) is 11.8 Å². The Bertz CT molecular complexity index is 360. The van der Waals surface area contributed by atoms with Crippen LogP contribution in [0.1, 0.15) is 38.7 Å². The minimum Gasteiger partial charge on any atom is -0.310 e. The second-order valence-electron chi connectivity index (χ2n) is 5.60. The van der Waals surface area contributed by atoms with E-state index in [4.69, 9.17) is 0 Å². The standard InChI is InChI=1S/C16H25NS/c1-12-5-4-6-16(13(12)2)17-11-14-7-9-15(18-3)10-8-14/h7-10,12-13,16-17H,4-6,11H2,1-3H3. The van der Waals surface area contributed by atoms with Crippen molar-refractivity contribution >= 4 is 11.8 Å². The third kappa shape index (κ3) is 3.52. The fourth-order valence-electron chi connectivity index (χ4n) is 2.86. The van der Waals surface area contributed by atoms with Crippen molar-refractivity contribution in [3.63, 3.8) is 0 Å². The number of benzene rings is 1. The van der Waals surface area contributed by atoms with Crippen LogP contribution >= 0.6 is 11.8 Å². The van der Waals surface area contributed by atoms with Crippen molar-refractivity contribution in [3.05, 3.63) is 29.8 Å². The van der Waals surface area contributed by atoms with Crippen molar-refractivity contribution in [2.75, 3.05) is 6.26 Å². The maximum atomic E-state index is 3.75. The van der Waals surface area contributed by atoms with Crippen molar-refractivity contribution in [1.29, 1.82) is 0 Å². The van der Waals surface area contributed by atoms with Gasteiger partial charge >= 0.3 is 0 Å². The number of thioether (sulfide) groups is 1. The summed E-state index contributed by atoms with van der Waals surface area (Å²) < 4.78 is 0. The third-order valence-electron chi connectivity index (χ3n) is 4.43. The number of hydrogen-bond donors (Lipinski definition) is 1. The zero-order valence-corrected chi connectivity index (χ0v) is 12.6. The van der Waals surface area contributed by atoms with Gasteiger partial charge in [0.2, 0.25) is 0 Å². The molecule has 0 saturated heterocycles. The van der Waals surface area contributed by atoms with Gasteiger partial charge in [0.25, 0.3) is 0 Å². The van der Waals surface area contributed by atoms with Crippen LogP contribution in [-0.4, -0.2) is 12.3 Å². The predicted molar refractivity (Wildman–Crippen MR) is 81.0 cm³/mol. The summed E-state index contributed by atoms with van der Waals surface area (Å²) in [6.07, 6.45) is 6.25. The minimum atomic E-state index is 0.703. The molecule has 3 atom stereocenters. The van der Waals surface area contributed by atoms with E-state index in [-0.39, 0.29) is 0 Å². The van der Waals surface area contributed by atoms with Crippen LogP contribution in [0.5, 0.6) is 0 Å². The van der Waals surface area contributed by atoms with Gasteiger partial charge in [-0.05, 0) is 42.2 Å². The van der Waals surface area contributed by atoms with E-state index in [1.54, 1.807) is 11.8 Å². The SMILES string of the molecule is CSc1ccc(CNC2CCCC(C)C2C)cc1. The summed E-state index contributed by atoms with van der Waals surface area (Å²) in [4.78, 5) is 1.35. The van der Waals surface area contributed by atoms with Gasteiger partial charge in [0.1, 0.15) is 0 Å². The first-order valence-electron chi connectivity index (χ1n) is 7.07. The largest absolute Gasteiger partial charge is 0.310 e.